The van der Waals surface area contributed by atoms with E-state index in [2.05, 4.69) is 76.8 Å². The summed E-state index contributed by atoms with van der Waals surface area (Å²) in [6, 6.07) is 17.2. The van der Waals surface area contributed by atoms with Crippen molar-refractivity contribution in [1.29, 1.82) is 0 Å². The lowest BCUT2D eigenvalue weighted by molar-refractivity contribution is -0.152. The van der Waals surface area contributed by atoms with Crippen LogP contribution in [0.3, 0.4) is 0 Å². The molecule has 7 nitrogen and oxygen atoms in total. The Bertz CT molecular complexity index is 1270. The standard InChI is InChI=1S/C30H38N4O3/c1-18(2)20-9-11-21(12-10-20)26-15-22(32-14-13-31-19(3)35)16-27-29-24(17-28(34(26)27)30(36)37-4)23-7-5-6-8-25(23)33-29/h5-12,18,22,26-28,32-33H,13-17H2,1-4H3,(H,31,35)/t22-,26+,27-,28+/m1/s1. The Morgan fingerprint density at radius 2 is 1.78 bits per heavy atom. The maximum Gasteiger partial charge on any atom is 0.323 e. The predicted molar refractivity (Wildman–Crippen MR) is 145 cm³/mol. The monoisotopic (exact) mass is 502 g/mol. The van der Waals surface area contributed by atoms with Crippen LogP contribution < -0.4 is 10.6 Å². The van der Waals surface area contributed by atoms with Crippen LogP contribution in [-0.2, 0) is 20.7 Å². The Balaban J connectivity index is 1.55. The second kappa shape index (κ2) is 10.7. The highest BCUT2D eigenvalue weighted by Crippen LogP contribution is 2.48. The van der Waals surface area contributed by atoms with Crippen LogP contribution in [0, 0.1) is 0 Å². The lowest BCUT2D eigenvalue weighted by atomic mass is 9.79. The fraction of sp³-hybridized carbons (Fsp3) is 0.467. The van der Waals surface area contributed by atoms with Crippen molar-refractivity contribution >= 4 is 22.8 Å². The number of aromatic amines is 1. The number of ether oxygens (including phenoxy) is 1. The zero-order valence-electron chi connectivity index (χ0n) is 22.2. The second-order valence-corrected chi connectivity index (χ2v) is 10.7. The number of esters is 1. The Morgan fingerprint density at radius 1 is 1.05 bits per heavy atom. The molecule has 0 spiro atoms. The van der Waals surface area contributed by atoms with Gasteiger partial charge >= 0.3 is 5.97 Å². The molecule has 2 aliphatic heterocycles. The lowest BCUT2D eigenvalue weighted by Gasteiger charge is -2.50. The van der Waals surface area contributed by atoms with Gasteiger partial charge in [-0.25, -0.2) is 0 Å². The fourth-order valence-electron chi connectivity index (χ4n) is 6.26. The molecule has 0 aliphatic carbocycles. The molecule has 0 saturated carbocycles. The summed E-state index contributed by atoms with van der Waals surface area (Å²) in [7, 11) is 1.49. The molecule has 1 fully saturated rings. The fourth-order valence-corrected chi connectivity index (χ4v) is 6.26. The number of piperidine rings is 1. The van der Waals surface area contributed by atoms with Crippen LogP contribution >= 0.6 is 0 Å². The van der Waals surface area contributed by atoms with E-state index >= 15 is 0 Å². The summed E-state index contributed by atoms with van der Waals surface area (Å²) in [6.45, 7) is 7.25. The van der Waals surface area contributed by atoms with Gasteiger partial charge in [-0.1, -0.05) is 56.3 Å². The number of carbonyl (C=O) groups excluding carboxylic acids is 2. The Morgan fingerprint density at radius 3 is 2.49 bits per heavy atom. The first-order chi connectivity index (χ1) is 17.9. The molecule has 7 heteroatoms. The van der Waals surface area contributed by atoms with Crippen molar-refractivity contribution in [2.45, 2.75) is 70.1 Å². The second-order valence-electron chi connectivity index (χ2n) is 10.7. The normalized spacial score (nSPS) is 23.5. The number of benzene rings is 2. The molecule has 5 rings (SSSR count). The number of para-hydroxylation sites is 1. The van der Waals surface area contributed by atoms with Gasteiger partial charge in [0.25, 0.3) is 0 Å². The smallest absolute Gasteiger partial charge is 0.323 e. The highest BCUT2D eigenvalue weighted by Gasteiger charge is 2.48. The van der Waals surface area contributed by atoms with Gasteiger partial charge in [-0.3, -0.25) is 14.5 Å². The van der Waals surface area contributed by atoms with Crippen LogP contribution in [0.2, 0.25) is 0 Å². The number of hydrogen-bond acceptors (Lipinski definition) is 5. The number of carbonyl (C=O) groups is 2. The Kier molecular flexibility index (Phi) is 7.36. The molecule has 196 valence electrons. The third-order valence-electron chi connectivity index (χ3n) is 8.07. The molecule has 3 aromatic rings. The molecule has 1 aromatic heterocycles. The van der Waals surface area contributed by atoms with E-state index in [1.807, 2.05) is 6.07 Å². The molecule has 3 heterocycles. The van der Waals surface area contributed by atoms with Gasteiger partial charge < -0.3 is 20.4 Å². The number of nitrogens with one attached hydrogen (secondary N) is 3. The minimum atomic E-state index is -0.350. The summed E-state index contributed by atoms with van der Waals surface area (Å²) in [5, 5.41) is 7.76. The van der Waals surface area contributed by atoms with Gasteiger partial charge in [0, 0.05) is 55.1 Å². The van der Waals surface area contributed by atoms with Gasteiger partial charge in [-0.15, -0.1) is 0 Å². The number of aromatic nitrogens is 1. The van der Waals surface area contributed by atoms with Gasteiger partial charge in [0.05, 0.1) is 13.2 Å². The van der Waals surface area contributed by atoms with E-state index in [1.54, 1.807) is 6.92 Å². The van der Waals surface area contributed by atoms with Crippen LogP contribution in [0.1, 0.15) is 74.0 Å². The number of hydrogen-bond donors (Lipinski definition) is 3. The van der Waals surface area contributed by atoms with Gasteiger partial charge in [-0.05, 0) is 41.5 Å². The molecule has 3 N–H and O–H groups in total. The van der Waals surface area contributed by atoms with Crippen LogP contribution in [0.5, 0.6) is 0 Å². The van der Waals surface area contributed by atoms with Crippen LogP contribution in [0.25, 0.3) is 10.9 Å². The first-order valence-electron chi connectivity index (χ1n) is 13.4. The molecule has 1 saturated heterocycles. The minimum Gasteiger partial charge on any atom is -0.468 e. The predicted octanol–water partition coefficient (Wildman–Crippen LogP) is 4.36. The third-order valence-corrected chi connectivity index (χ3v) is 8.07. The van der Waals surface area contributed by atoms with Crippen molar-refractivity contribution in [2.75, 3.05) is 20.2 Å². The summed E-state index contributed by atoms with van der Waals surface area (Å²) in [5.74, 6) is 0.264. The molecule has 2 aromatic carbocycles. The van der Waals surface area contributed by atoms with E-state index in [1.165, 1.54) is 34.9 Å². The van der Waals surface area contributed by atoms with Gasteiger partial charge in [0.2, 0.25) is 5.91 Å². The van der Waals surface area contributed by atoms with Crippen molar-refractivity contribution in [3.63, 3.8) is 0 Å². The molecule has 1 amide bonds. The first kappa shape index (κ1) is 25.5. The van der Waals surface area contributed by atoms with Crippen LogP contribution in [-0.4, -0.2) is 54.0 Å². The van der Waals surface area contributed by atoms with Crippen LogP contribution in [0.15, 0.2) is 48.5 Å². The average molecular weight is 503 g/mol. The zero-order chi connectivity index (χ0) is 26.1. The largest absolute Gasteiger partial charge is 0.468 e. The first-order valence-corrected chi connectivity index (χ1v) is 13.4. The van der Waals surface area contributed by atoms with E-state index in [0.29, 0.717) is 25.4 Å². The van der Waals surface area contributed by atoms with E-state index in [4.69, 9.17) is 4.74 Å². The summed E-state index contributed by atoms with van der Waals surface area (Å²) in [4.78, 5) is 30.7. The zero-order valence-corrected chi connectivity index (χ0v) is 22.2. The number of rotatable bonds is 7. The number of fused-ring (bicyclic) bond motifs is 5. The topological polar surface area (TPSA) is 86.5 Å². The number of amides is 1. The minimum absolute atomic E-state index is 0.0179. The highest BCUT2D eigenvalue weighted by atomic mass is 16.5. The van der Waals surface area contributed by atoms with Crippen molar-refractivity contribution < 1.29 is 14.3 Å². The van der Waals surface area contributed by atoms with E-state index < -0.39 is 0 Å². The maximum atomic E-state index is 13.2. The molecule has 37 heavy (non-hydrogen) atoms. The maximum absolute atomic E-state index is 13.2. The number of methoxy groups -OCH3 is 1. The number of H-pyrrole nitrogens is 1. The van der Waals surface area contributed by atoms with E-state index in [-0.39, 0.29) is 36.0 Å². The van der Waals surface area contributed by atoms with Gasteiger partial charge in [0.1, 0.15) is 6.04 Å². The summed E-state index contributed by atoms with van der Waals surface area (Å²) in [5.41, 5.74) is 6.06. The third kappa shape index (κ3) is 5.03. The van der Waals surface area contributed by atoms with Crippen LogP contribution in [0.4, 0.5) is 0 Å². The molecular weight excluding hydrogens is 464 g/mol. The molecular formula is C30H38N4O3. The Hall–Kier alpha value is -3.16. The Labute approximate surface area is 219 Å². The average Bonchev–Trinajstić information content (AvgIpc) is 3.28. The molecule has 0 bridgehead atoms. The van der Waals surface area contributed by atoms with Crippen molar-refractivity contribution in [3.8, 4) is 0 Å². The SMILES string of the molecule is COC(=O)[C@@H]1Cc2c([nH]c3ccccc23)[C@H]2C[C@H](NCCNC(C)=O)C[C@@H](c3ccc(C(C)C)cc3)N21. The molecule has 0 unspecified atom stereocenters. The molecule has 2 aliphatic rings. The summed E-state index contributed by atoms with van der Waals surface area (Å²) >= 11 is 0. The van der Waals surface area contributed by atoms with E-state index in [0.717, 1.165) is 18.4 Å². The highest BCUT2D eigenvalue weighted by molar-refractivity contribution is 5.87. The van der Waals surface area contributed by atoms with Gasteiger partial charge in [-0.2, -0.15) is 0 Å². The molecule has 0 radical (unpaired) electrons. The van der Waals surface area contributed by atoms with E-state index in [9.17, 15) is 9.59 Å². The number of nitrogens with zero attached hydrogens (tertiary/aromatic N) is 1. The summed E-state index contributed by atoms with van der Waals surface area (Å²) in [6.07, 6.45) is 2.37. The quantitative estimate of drug-likeness (QED) is 0.330. The molecule has 4 atom stereocenters. The van der Waals surface area contributed by atoms with Crippen molar-refractivity contribution in [1.82, 2.24) is 20.5 Å². The lowest BCUT2D eigenvalue weighted by Crippen LogP contribution is -2.56. The van der Waals surface area contributed by atoms with Crippen molar-refractivity contribution in [3.05, 3.63) is 70.9 Å². The summed E-state index contributed by atoms with van der Waals surface area (Å²) < 4.78 is 5.36. The van der Waals surface area contributed by atoms with Gasteiger partial charge in [0.15, 0.2) is 0 Å². The van der Waals surface area contributed by atoms with Crippen molar-refractivity contribution in [2.24, 2.45) is 0 Å².